The molecule has 1 aromatic heterocycles. The molecule has 3 rings (SSSR count). The second kappa shape index (κ2) is 8.16. The zero-order valence-corrected chi connectivity index (χ0v) is 15.4. The average molecular weight is 340 g/mol. The minimum Gasteiger partial charge on any atom is -0.370 e. The fourth-order valence-corrected chi connectivity index (χ4v) is 2.94. The lowest BCUT2D eigenvalue weighted by Crippen LogP contribution is -2.44. The maximum Gasteiger partial charge on any atom is 0.136 e. The Labute approximate surface area is 150 Å². The molecule has 0 aliphatic carbocycles. The Morgan fingerprint density at radius 2 is 1.68 bits per heavy atom. The number of nitrogens with one attached hydrogen (secondary N) is 2. The lowest BCUT2D eigenvalue weighted by Gasteiger charge is -2.34. The first-order chi connectivity index (χ1) is 12.1. The van der Waals surface area contributed by atoms with Crippen LogP contribution in [0, 0.1) is 6.92 Å². The van der Waals surface area contributed by atoms with Crippen LogP contribution in [0.4, 0.5) is 23.0 Å². The van der Waals surface area contributed by atoms with Crippen LogP contribution in [0.2, 0.25) is 0 Å². The van der Waals surface area contributed by atoms with Crippen LogP contribution in [-0.4, -0.2) is 54.6 Å². The summed E-state index contributed by atoms with van der Waals surface area (Å²) in [5, 5.41) is 6.70. The minimum atomic E-state index is 0.762. The molecule has 0 spiro atoms. The van der Waals surface area contributed by atoms with Crippen LogP contribution >= 0.6 is 0 Å². The third-order valence-electron chi connectivity index (χ3n) is 4.40. The average Bonchev–Trinajstić information content (AvgIpc) is 2.61. The Balaban J connectivity index is 1.66. The summed E-state index contributed by atoms with van der Waals surface area (Å²) < 4.78 is 0. The maximum atomic E-state index is 4.48. The molecule has 1 fully saturated rings. The Kier molecular flexibility index (Phi) is 5.71. The van der Waals surface area contributed by atoms with E-state index in [0.717, 1.165) is 62.3 Å². The van der Waals surface area contributed by atoms with Gasteiger partial charge in [0.1, 0.15) is 17.5 Å². The number of aryl methyl sites for hydroxylation is 1. The summed E-state index contributed by atoms with van der Waals surface area (Å²) in [4.78, 5) is 13.7. The maximum absolute atomic E-state index is 4.48. The first-order valence-electron chi connectivity index (χ1n) is 9.04. The lowest BCUT2D eigenvalue weighted by molar-refractivity contribution is 0.313. The summed E-state index contributed by atoms with van der Waals surface area (Å²) in [5.74, 6) is 2.45. The number of piperazine rings is 1. The van der Waals surface area contributed by atoms with E-state index in [1.54, 1.807) is 0 Å². The minimum absolute atomic E-state index is 0.762. The number of hydrogen-bond donors (Lipinski definition) is 2. The molecule has 0 unspecified atom stereocenters. The van der Waals surface area contributed by atoms with E-state index in [1.165, 1.54) is 5.69 Å². The van der Waals surface area contributed by atoms with Crippen molar-refractivity contribution in [3.8, 4) is 0 Å². The standard InChI is InChI=1S/C19H28N6/c1-4-9-20-18-14-19(22-15(2)21-18)23-16-5-7-17(8-6-16)25-12-10-24(3)11-13-25/h5-8,14H,4,9-13H2,1-3H3,(H2,20,21,22,23). The molecule has 1 aliphatic rings. The second-order valence-electron chi connectivity index (χ2n) is 6.57. The van der Waals surface area contributed by atoms with E-state index in [9.17, 15) is 0 Å². The Morgan fingerprint density at radius 1 is 1.00 bits per heavy atom. The van der Waals surface area contributed by atoms with E-state index in [-0.39, 0.29) is 0 Å². The van der Waals surface area contributed by atoms with Gasteiger partial charge in [-0.25, -0.2) is 9.97 Å². The van der Waals surface area contributed by atoms with Crippen LogP contribution < -0.4 is 15.5 Å². The Bertz CT molecular complexity index is 677. The zero-order chi connectivity index (χ0) is 17.6. The first kappa shape index (κ1) is 17.5. The van der Waals surface area contributed by atoms with Crippen LogP contribution in [-0.2, 0) is 0 Å². The van der Waals surface area contributed by atoms with Gasteiger partial charge >= 0.3 is 0 Å². The van der Waals surface area contributed by atoms with E-state index in [1.807, 2.05) is 13.0 Å². The van der Waals surface area contributed by atoms with Gasteiger partial charge in [-0.1, -0.05) is 6.92 Å². The zero-order valence-electron chi connectivity index (χ0n) is 15.4. The summed E-state index contributed by atoms with van der Waals surface area (Å²) in [6.45, 7) is 9.37. The van der Waals surface area contributed by atoms with Crippen molar-refractivity contribution in [3.63, 3.8) is 0 Å². The molecular formula is C19H28N6. The fourth-order valence-electron chi connectivity index (χ4n) is 2.94. The van der Waals surface area contributed by atoms with Crippen molar-refractivity contribution in [2.45, 2.75) is 20.3 Å². The van der Waals surface area contributed by atoms with E-state index < -0.39 is 0 Å². The largest absolute Gasteiger partial charge is 0.370 e. The van der Waals surface area contributed by atoms with Crippen molar-refractivity contribution < 1.29 is 0 Å². The highest BCUT2D eigenvalue weighted by atomic mass is 15.2. The molecule has 0 bridgehead atoms. The number of rotatable bonds is 6. The van der Waals surface area contributed by atoms with E-state index in [4.69, 9.17) is 0 Å². The molecule has 0 amide bonds. The van der Waals surface area contributed by atoms with Gasteiger partial charge in [-0.15, -0.1) is 0 Å². The van der Waals surface area contributed by atoms with Crippen LogP contribution in [0.3, 0.4) is 0 Å². The number of anilines is 4. The number of nitrogens with zero attached hydrogens (tertiary/aromatic N) is 4. The van der Waals surface area contributed by atoms with Gasteiger partial charge < -0.3 is 20.4 Å². The summed E-state index contributed by atoms with van der Waals surface area (Å²) in [7, 11) is 2.18. The van der Waals surface area contributed by atoms with Gasteiger partial charge in [-0.2, -0.15) is 0 Å². The summed E-state index contributed by atoms with van der Waals surface area (Å²) in [6, 6.07) is 10.5. The fraction of sp³-hybridized carbons (Fsp3) is 0.474. The number of hydrogen-bond acceptors (Lipinski definition) is 6. The molecule has 134 valence electrons. The number of likely N-dealkylation sites (N-methyl/N-ethyl adjacent to an activating group) is 1. The van der Waals surface area contributed by atoms with Crippen molar-refractivity contribution in [2.75, 3.05) is 55.3 Å². The number of benzene rings is 1. The summed E-state index contributed by atoms with van der Waals surface area (Å²) in [5.41, 5.74) is 2.32. The van der Waals surface area contributed by atoms with E-state index in [2.05, 4.69) is 68.6 Å². The van der Waals surface area contributed by atoms with Gasteiger partial charge in [0.05, 0.1) is 0 Å². The highest BCUT2D eigenvalue weighted by Gasteiger charge is 2.14. The molecule has 1 saturated heterocycles. The molecule has 6 heteroatoms. The first-order valence-corrected chi connectivity index (χ1v) is 9.04. The molecule has 0 atom stereocenters. The van der Waals surface area contributed by atoms with Crippen molar-refractivity contribution in [3.05, 3.63) is 36.2 Å². The van der Waals surface area contributed by atoms with Crippen molar-refractivity contribution >= 4 is 23.0 Å². The van der Waals surface area contributed by atoms with Crippen molar-refractivity contribution in [1.82, 2.24) is 14.9 Å². The highest BCUT2D eigenvalue weighted by molar-refractivity contribution is 5.62. The third kappa shape index (κ3) is 4.82. The Hall–Kier alpha value is -2.34. The molecule has 2 N–H and O–H groups in total. The molecule has 1 aromatic carbocycles. The van der Waals surface area contributed by atoms with Gasteiger partial charge in [0.2, 0.25) is 0 Å². The topological polar surface area (TPSA) is 56.3 Å². The Morgan fingerprint density at radius 3 is 2.36 bits per heavy atom. The van der Waals surface area contributed by atoms with E-state index >= 15 is 0 Å². The van der Waals surface area contributed by atoms with Crippen LogP contribution in [0.25, 0.3) is 0 Å². The third-order valence-corrected chi connectivity index (χ3v) is 4.40. The van der Waals surface area contributed by atoms with Crippen molar-refractivity contribution in [1.29, 1.82) is 0 Å². The molecule has 1 aliphatic heterocycles. The van der Waals surface area contributed by atoms with E-state index in [0.29, 0.717) is 0 Å². The highest BCUT2D eigenvalue weighted by Crippen LogP contribution is 2.22. The second-order valence-corrected chi connectivity index (χ2v) is 6.57. The molecule has 2 aromatic rings. The predicted molar refractivity (Wildman–Crippen MR) is 105 cm³/mol. The molecule has 6 nitrogen and oxygen atoms in total. The monoisotopic (exact) mass is 340 g/mol. The molecule has 0 radical (unpaired) electrons. The van der Waals surface area contributed by atoms with Crippen molar-refractivity contribution in [2.24, 2.45) is 0 Å². The van der Waals surface area contributed by atoms with Gasteiger partial charge in [-0.3, -0.25) is 0 Å². The predicted octanol–water partition coefficient (Wildman–Crippen LogP) is 3.10. The van der Waals surface area contributed by atoms with Crippen LogP contribution in [0.15, 0.2) is 30.3 Å². The van der Waals surface area contributed by atoms with Crippen LogP contribution in [0.1, 0.15) is 19.2 Å². The lowest BCUT2D eigenvalue weighted by atomic mass is 10.2. The van der Waals surface area contributed by atoms with Gasteiger partial charge in [0.25, 0.3) is 0 Å². The van der Waals surface area contributed by atoms with Crippen LogP contribution in [0.5, 0.6) is 0 Å². The smallest absolute Gasteiger partial charge is 0.136 e. The molecule has 25 heavy (non-hydrogen) atoms. The summed E-state index contributed by atoms with van der Waals surface area (Å²) in [6.07, 6.45) is 1.07. The van der Waals surface area contributed by atoms with Gasteiger partial charge in [0.15, 0.2) is 0 Å². The van der Waals surface area contributed by atoms with Gasteiger partial charge in [-0.05, 0) is 44.7 Å². The number of aromatic nitrogens is 2. The molecule has 2 heterocycles. The molecule has 0 saturated carbocycles. The normalized spacial score (nSPS) is 15.2. The SMILES string of the molecule is CCCNc1cc(Nc2ccc(N3CCN(C)CC3)cc2)nc(C)n1. The summed E-state index contributed by atoms with van der Waals surface area (Å²) >= 11 is 0. The van der Waals surface area contributed by atoms with Gasteiger partial charge in [0, 0.05) is 50.2 Å². The quantitative estimate of drug-likeness (QED) is 0.843. The molecular weight excluding hydrogens is 312 g/mol.